The number of carbonyl (C=O) groups excluding carboxylic acids is 7. The Bertz CT molecular complexity index is 2210. The minimum Gasteiger partial charge on any atom is -0.481 e. The number of aliphatic hydroxyl groups excluding tert-OH is 3. The third kappa shape index (κ3) is 17.1. The normalized spacial score (nSPS) is 15.6. The van der Waals surface area contributed by atoms with Crippen molar-refractivity contribution in [3.63, 3.8) is 0 Å². The van der Waals surface area contributed by atoms with E-state index in [0.717, 1.165) is 6.92 Å². The number of amides is 7. The van der Waals surface area contributed by atoms with Crippen LogP contribution in [0.15, 0.2) is 43.0 Å². The van der Waals surface area contributed by atoms with Crippen LogP contribution in [0.1, 0.15) is 44.4 Å². The molecule has 0 fully saturated rings. The van der Waals surface area contributed by atoms with Crippen molar-refractivity contribution in [3.05, 3.63) is 54.2 Å². The van der Waals surface area contributed by atoms with E-state index >= 15 is 0 Å². The van der Waals surface area contributed by atoms with E-state index in [4.69, 9.17) is 5.73 Å². The Morgan fingerprint density at radius 2 is 1.25 bits per heavy atom. The summed E-state index contributed by atoms with van der Waals surface area (Å²) >= 11 is 5.29. The van der Waals surface area contributed by atoms with E-state index in [9.17, 15) is 68.7 Å². The summed E-state index contributed by atoms with van der Waals surface area (Å²) in [6.45, 7) is 1.30. The molecule has 2 heterocycles. The van der Waals surface area contributed by atoms with Crippen molar-refractivity contribution < 1.29 is 68.7 Å². The zero-order valence-electron chi connectivity index (χ0n) is 37.3. The molecule has 1 aromatic carbocycles. The van der Waals surface area contributed by atoms with Gasteiger partial charge in [-0.2, -0.15) is 24.4 Å². The number of aromatic nitrogens is 3. The van der Waals surface area contributed by atoms with Crippen molar-refractivity contribution in [1.82, 2.24) is 52.2 Å². The number of thiol groups is 1. The average Bonchev–Trinajstić information content (AvgIpc) is 3.97. The van der Waals surface area contributed by atoms with Crippen molar-refractivity contribution >= 4 is 88.6 Å². The van der Waals surface area contributed by atoms with Gasteiger partial charge < -0.3 is 78.5 Å². The highest BCUT2D eigenvalue weighted by atomic mass is 32.2. The second-order valence-corrected chi connectivity index (χ2v) is 17.0. The standard InChI is InChI=1S/C41H59N11O14S2/c1-19(54)32(42)39(63)50-29(16-53)38(62)52-33(20(2)55)40(64)47-25(8-9-31(56)57)34(58)46-26(10-11-68-3)35(59)48-27(12-21-14-44-24-7-5-4-6-23(21)24)36(60)49-28(13-22-15-43-18-45-22)37(61)51-30(17-67)41(65)66/h4-7,14-15,18-20,25-30,32-33,44,53-55,67H,8-13,16-17,42H2,1-3H3,(H,43,45)(H,46,58)(H,47,64)(H,48,59)(H,49,60)(H,50,63)(H,51,61)(H,52,62)(H,56,57)(H,65,66)/t19-,20-,25+,26+,27+,28+,29+,30+,32+,33+/m1/s1. The molecule has 68 heavy (non-hydrogen) atoms. The predicted octanol–water partition coefficient (Wildman–Crippen LogP) is -4.22. The second-order valence-electron chi connectivity index (χ2n) is 15.6. The predicted molar refractivity (Wildman–Crippen MR) is 248 cm³/mol. The number of hydrogen-bond acceptors (Lipinski definition) is 16. The van der Waals surface area contributed by atoms with Gasteiger partial charge in [0.05, 0.1) is 25.1 Å². The Morgan fingerprint density at radius 3 is 1.79 bits per heavy atom. The third-order valence-corrected chi connectivity index (χ3v) is 11.4. The zero-order chi connectivity index (χ0) is 50.7. The number of fused-ring (bicyclic) bond motifs is 1. The monoisotopic (exact) mass is 993 g/mol. The summed E-state index contributed by atoms with van der Waals surface area (Å²) in [7, 11) is 0. The van der Waals surface area contributed by atoms with Crippen molar-refractivity contribution in [2.75, 3.05) is 24.4 Å². The Morgan fingerprint density at radius 1 is 0.706 bits per heavy atom. The quantitative estimate of drug-likeness (QED) is 0.0293. The van der Waals surface area contributed by atoms with Crippen LogP contribution in [-0.2, 0) is 56.0 Å². The van der Waals surface area contributed by atoms with E-state index in [2.05, 4.69) is 64.8 Å². The van der Waals surface area contributed by atoms with Crippen LogP contribution < -0.4 is 43.0 Å². The molecule has 0 aliphatic carbocycles. The fraction of sp³-hybridized carbons (Fsp3) is 0.512. The first-order chi connectivity index (χ1) is 32.2. The lowest BCUT2D eigenvalue weighted by molar-refractivity contribution is -0.141. The van der Waals surface area contributed by atoms with Gasteiger partial charge in [0.15, 0.2) is 0 Å². The van der Waals surface area contributed by atoms with Crippen LogP contribution in [0.5, 0.6) is 0 Å². The van der Waals surface area contributed by atoms with E-state index in [0.29, 0.717) is 22.2 Å². The Kier molecular flexibility index (Phi) is 22.7. The van der Waals surface area contributed by atoms with Crippen molar-refractivity contribution in [1.29, 1.82) is 0 Å². The summed E-state index contributed by atoms with van der Waals surface area (Å²) in [4.78, 5) is 128. The number of aliphatic hydroxyl groups is 3. The molecule has 0 unspecified atom stereocenters. The smallest absolute Gasteiger partial charge is 0.327 e. The van der Waals surface area contributed by atoms with E-state index in [-0.39, 0.29) is 30.8 Å². The summed E-state index contributed by atoms with van der Waals surface area (Å²) in [6.07, 6.45) is 1.38. The number of carbonyl (C=O) groups is 9. The van der Waals surface area contributed by atoms with E-state index < -0.39 is 133 Å². The highest BCUT2D eigenvalue weighted by Gasteiger charge is 2.36. The lowest BCUT2D eigenvalue weighted by atomic mass is 10.0. The van der Waals surface area contributed by atoms with Crippen LogP contribution in [0.25, 0.3) is 10.9 Å². The molecule has 0 radical (unpaired) electrons. The molecule has 0 spiro atoms. The number of hydrogen-bond donors (Lipinski definition) is 16. The molecule has 3 aromatic rings. The van der Waals surface area contributed by atoms with E-state index in [1.807, 2.05) is 0 Å². The van der Waals surface area contributed by atoms with Crippen LogP contribution in [0, 0.1) is 0 Å². The van der Waals surface area contributed by atoms with Gasteiger partial charge in [-0.1, -0.05) is 18.2 Å². The fourth-order valence-corrected chi connectivity index (χ4v) is 7.19. The van der Waals surface area contributed by atoms with Gasteiger partial charge in [-0.15, -0.1) is 0 Å². The molecule has 7 amide bonds. The summed E-state index contributed by atoms with van der Waals surface area (Å²) < 4.78 is 0. The number of imidazole rings is 1. The number of thioether (sulfide) groups is 1. The van der Waals surface area contributed by atoms with Crippen LogP contribution in [0.4, 0.5) is 0 Å². The molecule has 0 aliphatic rings. The number of nitrogens with zero attached hydrogens (tertiary/aromatic N) is 1. The molecule has 0 bridgehead atoms. The minimum absolute atomic E-state index is 0.0652. The lowest BCUT2D eigenvalue weighted by Gasteiger charge is -2.28. The maximum absolute atomic E-state index is 14.3. The maximum atomic E-state index is 14.3. The Labute approximate surface area is 399 Å². The van der Waals surface area contributed by atoms with Gasteiger partial charge in [0.1, 0.15) is 48.3 Å². The van der Waals surface area contributed by atoms with Crippen LogP contribution in [0.2, 0.25) is 0 Å². The summed E-state index contributed by atoms with van der Waals surface area (Å²) in [5, 5.41) is 66.3. The Balaban J connectivity index is 1.93. The summed E-state index contributed by atoms with van der Waals surface area (Å²) in [6, 6.07) is -5.41. The van der Waals surface area contributed by atoms with Crippen molar-refractivity contribution in [2.45, 2.75) is 106 Å². The number of aromatic amines is 2. The highest BCUT2D eigenvalue weighted by molar-refractivity contribution is 7.98. The molecular formula is C41H59N11O14S2. The molecule has 10 atom stereocenters. The summed E-state index contributed by atoms with van der Waals surface area (Å²) in [5.74, 6) is -9.94. The highest BCUT2D eigenvalue weighted by Crippen LogP contribution is 2.20. The molecule has 2 aromatic heterocycles. The average molecular weight is 994 g/mol. The number of para-hydroxylation sites is 1. The van der Waals surface area contributed by atoms with E-state index in [1.54, 1.807) is 36.7 Å². The van der Waals surface area contributed by atoms with Crippen molar-refractivity contribution in [3.8, 4) is 0 Å². The molecule has 0 aliphatic heterocycles. The lowest BCUT2D eigenvalue weighted by Crippen LogP contribution is -2.62. The number of benzene rings is 1. The molecule has 374 valence electrons. The van der Waals surface area contributed by atoms with Gasteiger partial charge in [0.2, 0.25) is 41.4 Å². The van der Waals surface area contributed by atoms with Crippen LogP contribution in [-0.4, -0.2) is 179 Å². The van der Waals surface area contributed by atoms with Gasteiger partial charge in [-0.25, -0.2) is 9.78 Å². The number of carboxylic acid groups (broad SMARTS) is 2. The number of nitrogens with two attached hydrogens (primary N) is 1. The molecule has 3 rings (SSSR count). The molecule has 0 saturated carbocycles. The second kappa shape index (κ2) is 27.5. The van der Waals surface area contributed by atoms with Gasteiger partial charge in [-0.3, -0.25) is 38.4 Å². The van der Waals surface area contributed by atoms with E-state index in [1.165, 1.54) is 31.2 Å². The fourth-order valence-electron chi connectivity index (χ4n) is 6.47. The Hall–Kier alpha value is -6.26. The topological polar surface area (TPSA) is 409 Å². The van der Waals surface area contributed by atoms with Gasteiger partial charge >= 0.3 is 11.9 Å². The first kappa shape index (κ1) is 56.1. The number of nitrogens with one attached hydrogen (secondary N) is 9. The number of aliphatic carboxylic acids is 2. The van der Waals surface area contributed by atoms with Gasteiger partial charge in [0, 0.05) is 54.0 Å². The maximum Gasteiger partial charge on any atom is 0.327 e. The van der Waals surface area contributed by atoms with Gasteiger partial charge in [0.25, 0.3) is 0 Å². The zero-order valence-corrected chi connectivity index (χ0v) is 39.0. The van der Waals surface area contributed by atoms with Crippen molar-refractivity contribution in [2.24, 2.45) is 5.73 Å². The first-order valence-corrected chi connectivity index (χ1v) is 23.1. The summed E-state index contributed by atoms with van der Waals surface area (Å²) in [5.41, 5.74) is 7.25. The van der Waals surface area contributed by atoms with Crippen LogP contribution >= 0.6 is 24.4 Å². The molecule has 25 nitrogen and oxygen atoms in total. The number of rotatable bonds is 29. The minimum atomic E-state index is -1.86. The molecule has 0 saturated heterocycles. The molecule has 16 N–H and O–H groups in total. The largest absolute Gasteiger partial charge is 0.481 e. The van der Waals surface area contributed by atoms with Gasteiger partial charge in [-0.05, 0) is 50.3 Å². The molecule has 27 heteroatoms. The first-order valence-electron chi connectivity index (χ1n) is 21.1. The van der Waals surface area contributed by atoms with Crippen LogP contribution in [0.3, 0.4) is 0 Å². The number of carboxylic acids is 2. The third-order valence-electron chi connectivity index (χ3n) is 10.4. The SMILES string of the molecule is CSCC[C@H](NC(=O)[C@H](CCC(=O)O)NC(=O)[C@@H](NC(=O)[C@H](CO)NC(=O)[C@@H](N)[C@@H](C)O)[C@@H](C)O)C(=O)N[C@@H](Cc1c[nH]c2ccccc12)C(=O)N[C@@H](Cc1cnc[nH]1)C(=O)N[C@@H](CS)C(=O)O. The number of H-pyrrole nitrogens is 2. The molecular weight excluding hydrogens is 935 g/mol.